The molecule has 4 heteroatoms. The maximum absolute atomic E-state index is 11.1. The van der Waals surface area contributed by atoms with E-state index in [4.69, 9.17) is 9.47 Å². The van der Waals surface area contributed by atoms with Gasteiger partial charge < -0.3 is 14.8 Å². The first-order valence-electron chi connectivity index (χ1n) is 7.28. The number of methoxy groups -OCH3 is 1. The maximum Gasteiger partial charge on any atom is 0.153 e. The van der Waals surface area contributed by atoms with Gasteiger partial charge >= 0.3 is 0 Å². The Hall–Kier alpha value is -1.39. The number of rotatable bonds is 5. The van der Waals surface area contributed by atoms with Crippen LogP contribution in [0.2, 0.25) is 0 Å². The highest BCUT2D eigenvalue weighted by atomic mass is 16.5. The molecule has 20 heavy (non-hydrogen) atoms. The molecule has 1 saturated heterocycles. The van der Waals surface area contributed by atoms with Crippen LogP contribution in [-0.2, 0) is 4.74 Å². The molecule has 2 atom stereocenters. The van der Waals surface area contributed by atoms with Crippen LogP contribution in [0.5, 0.6) is 5.75 Å². The summed E-state index contributed by atoms with van der Waals surface area (Å²) >= 11 is 0. The first-order chi connectivity index (χ1) is 9.81. The van der Waals surface area contributed by atoms with Crippen LogP contribution in [0, 0.1) is 0 Å². The molecule has 1 aliphatic heterocycles. The van der Waals surface area contributed by atoms with Crippen LogP contribution in [0.1, 0.15) is 41.1 Å². The summed E-state index contributed by atoms with van der Waals surface area (Å²) in [5.41, 5.74) is 1.87. The fraction of sp³-hybridized carbons (Fsp3) is 0.562. The van der Waals surface area contributed by atoms with E-state index in [2.05, 4.69) is 11.4 Å². The predicted octanol–water partition coefficient (Wildman–Crippen LogP) is 2.13. The molecule has 3 rings (SSSR count). The van der Waals surface area contributed by atoms with Gasteiger partial charge in [0.05, 0.1) is 12.7 Å². The van der Waals surface area contributed by atoms with Gasteiger partial charge in [-0.2, -0.15) is 0 Å². The van der Waals surface area contributed by atoms with Crippen LogP contribution in [0.4, 0.5) is 0 Å². The molecule has 0 aromatic heterocycles. The van der Waals surface area contributed by atoms with Crippen molar-refractivity contribution in [3.63, 3.8) is 0 Å². The van der Waals surface area contributed by atoms with Crippen molar-refractivity contribution >= 4 is 6.29 Å². The molecule has 1 heterocycles. The second kappa shape index (κ2) is 5.94. The Morgan fingerprint density at radius 1 is 1.35 bits per heavy atom. The minimum absolute atomic E-state index is 0.530. The number of ether oxygens (including phenoxy) is 2. The Balaban J connectivity index is 1.62. The SMILES string of the molecule is COc1ccc(C2CC2NC2CCOCC2)cc1C=O. The summed E-state index contributed by atoms with van der Waals surface area (Å²) in [6.07, 6.45) is 4.23. The lowest BCUT2D eigenvalue weighted by atomic mass is 10.1. The molecule has 0 spiro atoms. The van der Waals surface area contributed by atoms with Gasteiger partial charge in [0.25, 0.3) is 0 Å². The quantitative estimate of drug-likeness (QED) is 0.836. The molecule has 1 saturated carbocycles. The molecule has 1 aliphatic carbocycles. The number of hydrogen-bond acceptors (Lipinski definition) is 4. The zero-order chi connectivity index (χ0) is 13.9. The highest BCUT2D eigenvalue weighted by molar-refractivity contribution is 5.79. The van der Waals surface area contributed by atoms with Gasteiger partial charge in [0.2, 0.25) is 0 Å². The van der Waals surface area contributed by atoms with E-state index in [0.717, 1.165) is 38.8 Å². The molecule has 1 aromatic carbocycles. The van der Waals surface area contributed by atoms with Gasteiger partial charge in [-0.1, -0.05) is 6.07 Å². The molecule has 2 unspecified atom stereocenters. The van der Waals surface area contributed by atoms with E-state index in [-0.39, 0.29) is 0 Å². The molecule has 0 radical (unpaired) electrons. The Kier molecular flexibility index (Phi) is 4.03. The molecular formula is C16H21NO3. The lowest BCUT2D eigenvalue weighted by molar-refractivity contribution is 0.0774. The monoisotopic (exact) mass is 275 g/mol. The topological polar surface area (TPSA) is 47.6 Å². The number of aldehydes is 1. The normalized spacial score (nSPS) is 26.2. The summed E-state index contributed by atoms with van der Waals surface area (Å²) in [7, 11) is 1.59. The van der Waals surface area contributed by atoms with E-state index in [1.54, 1.807) is 7.11 Å². The molecule has 0 amide bonds. The average Bonchev–Trinajstić information content (AvgIpc) is 3.26. The molecule has 2 aliphatic rings. The zero-order valence-electron chi connectivity index (χ0n) is 11.8. The highest BCUT2D eigenvalue weighted by Gasteiger charge is 2.39. The van der Waals surface area contributed by atoms with Gasteiger partial charge in [0.1, 0.15) is 5.75 Å². The third kappa shape index (κ3) is 2.86. The summed E-state index contributed by atoms with van der Waals surface area (Å²) in [5.74, 6) is 1.18. The number of carbonyl (C=O) groups excluding carboxylic acids is 1. The van der Waals surface area contributed by atoms with Gasteiger partial charge in [-0.15, -0.1) is 0 Å². The minimum Gasteiger partial charge on any atom is -0.496 e. The van der Waals surface area contributed by atoms with Gasteiger partial charge in [-0.3, -0.25) is 4.79 Å². The van der Waals surface area contributed by atoms with Crippen LogP contribution in [0.3, 0.4) is 0 Å². The molecule has 1 N–H and O–H groups in total. The molecule has 108 valence electrons. The lowest BCUT2D eigenvalue weighted by Gasteiger charge is -2.23. The van der Waals surface area contributed by atoms with E-state index in [0.29, 0.717) is 29.3 Å². The third-order valence-corrected chi connectivity index (χ3v) is 4.27. The van der Waals surface area contributed by atoms with Crippen LogP contribution < -0.4 is 10.1 Å². The summed E-state index contributed by atoms with van der Waals surface area (Å²) < 4.78 is 10.6. The van der Waals surface area contributed by atoms with E-state index >= 15 is 0 Å². The van der Waals surface area contributed by atoms with Crippen molar-refractivity contribution in [2.24, 2.45) is 0 Å². The van der Waals surface area contributed by atoms with Crippen LogP contribution >= 0.6 is 0 Å². The largest absolute Gasteiger partial charge is 0.496 e. The van der Waals surface area contributed by atoms with Crippen LogP contribution in [0.25, 0.3) is 0 Å². The van der Waals surface area contributed by atoms with Gasteiger partial charge in [0.15, 0.2) is 6.29 Å². The molecule has 0 bridgehead atoms. The summed E-state index contributed by atoms with van der Waals surface area (Å²) in [6.45, 7) is 1.74. The Morgan fingerprint density at radius 3 is 2.85 bits per heavy atom. The molecule has 1 aromatic rings. The third-order valence-electron chi connectivity index (χ3n) is 4.27. The Morgan fingerprint density at radius 2 is 2.15 bits per heavy atom. The first kappa shape index (κ1) is 13.6. The van der Waals surface area contributed by atoms with E-state index in [9.17, 15) is 4.79 Å². The Bertz CT molecular complexity index is 483. The van der Waals surface area contributed by atoms with Gasteiger partial charge in [-0.25, -0.2) is 0 Å². The van der Waals surface area contributed by atoms with Crippen molar-refractivity contribution in [2.75, 3.05) is 20.3 Å². The average molecular weight is 275 g/mol. The van der Waals surface area contributed by atoms with Crippen LogP contribution in [0.15, 0.2) is 18.2 Å². The summed E-state index contributed by atoms with van der Waals surface area (Å²) in [4.78, 5) is 11.1. The second-order valence-corrected chi connectivity index (χ2v) is 5.62. The van der Waals surface area contributed by atoms with Crippen molar-refractivity contribution < 1.29 is 14.3 Å². The maximum atomic E-state index is 11.1. The fourth-order valence-corrected chi connectivity index (χ4v) is 2.99. The van der Waals surface area contributed by atoms with E-state index in [1.807, 2.05) is 12.1 Å². The molecule has 4 nitrogen and oxygen atoms in total. The first-order valence-corrected chi connectivity index (χ1v) is 7.28. The van der Waals surface area contributed by atoms with Crippen molar-refractivity contribution in [2.45, 2.75) is 37.3 Å². The number of carbonyl (C=O) groups is 1. The smallest absolute Gasteiger partial charge is 0.153 e. The number of hydrogen-bond donors (Lipinski definition) is 1. The minimum atomic E-state index is 0.530. The Labute approximate surface area is 119 Å². The second-order valence-electron chi connectivity index (χ2n) is 5.62. The highest BCUT2D eigenvalue weighted by Crippen LogP contribution is 2.42. The number of nitrogens with one attached hydrogen (secondary N) is 1. The summed E-state index contributed by atoms with van der Waals surface area (Å²) in [5, 5.41) is 3.71. The summed E-state index contributed by atoms with van der Waals surface area (Å²) in [6, 6.07) is 7.06. The van der Waals surface area contributed by atoms with Crippen molar-refractivity contribution in [3.8, 4) is 5.75 Å². The van der Waals surface area contributed by atoms with Gasteiger partial charge in [-0.05, 0) is 37.0 Å². The van der Waals surface area contributed by atoms with Crippen molar-refractivity contribution in [1.82, 2.24) is 5.32 Å². The standard InChI is InChI=1S/C16H21NO3/c1-19-16-3-2-11(8-12(16)10-18)14-9-15(14)17-13-4-6-20-7-5-13/h2-3,8,10,13-15,17H,4-7,9H2,1H3. The van der Waals surface area contributed by atoms with Crippen molar-refractivity contribution in [3.05, 3.63) is 29.3 Å². The predicted molar refractivity (Wildman–Crippen MR) is 76.5 cm³/mol. The van der Waals surface area contributed by atoms with E-state index in [1.165, 1.54) is 5.56 Å². The lowest BCUT2D eigenvalue weighted by Crippen LogP contribution is -2.36. The van der Waals surface area contributed by atoms with Crippen molar-refractivity contribution in [1.29, 1.82) is 0 Å². The van der Waals surface area contributed by atoms with Gasteiger partial charge in [0, 0.05) is 31.2 Å². The molecular weight excluding hydrogens is 254 g/mol. The van der Waals surface area contributed by atoms with E-state index < -0.39 is 0 Å². The molecule has 2 fully saturated rings. The number of benzene rings is 1. The zero-order valence-corrected chi connectivity index (χ0v) is 11.8. The van der Waals surface area contributed by atoms with Crippen LogP contribution in [-0.4, -0.2) is 38.7 Å². The fourth-order valence-electron chi connectivity index (χ4n) is 2.99.